The molecule has 1 radical (unpaired) electrons. The van der Waals surface area contributed by atoms with Crippen LogP contribution in [0.4, 0.5) is 0 Å². The molecular formula is CH4NO3S. The van der Waals surface area contributed by atoms with Crippen molar-refractivity contribution in [2.24, 2.45) is 0 Å². The molecule has 0 saturated carbocycles. The molecule has 0 rings (SSSR count). The molecule has 0 aliphatic heterocycles. The third-order valence-electron chi connectivity index (χ3n) is 0.182. The Kier molecular flexibility index (Phi) is 1.51. The molecule has 4 nitrogen and oxygen atoms in total. The summed E-state index contributed by atoms with van der Waals surface area (Å²) in [5.74, 6) is -0.951. The summed E-state index contributed by atoms with van der Waals surface area (Å²) in [6.07, 6.45) is 0. The van der Waals surface area contributed by atoms with Crippen molar-refractivity contribution in [3.8, 4) is 0 Å². The summed E-state index contributed by atoms with van der Waals surface area (Å²) in [6, 6.07) is 0. The van der Waals surface area contributed by atoms with Crippen LogP contribution in [0.1, 0.15) is 0 Å². The van der Waals surface area contributed by atoms with E-state index in [0.717, 1.165) is 0 Å². The lowest BCUT2D eigenvalue weighted by Crippen LogP contribution is -2.02. The first-order valence-corrected chi connectivity index (χ1v) is 2.77. The molecule has 0 atom stereocenters. The van der Waals surface area contributed by atoms with Crippen molar-refractivity contribution >= 4 is 10.1 Å². The summed E-state index contributed by atoms with van der Waals surface area (Å²) in [7, 11) is -4.00. The van der Waals surface area contributed by atoms with Crippen LogP contribution in [-0.4, -0.2) is 18.8 Å². The summed E-state index contributed by atoms with van der Waals surface area (Å²) in [4.78, 5) is 0. The zero-order valence-corrected chi connectivity index (χ0v) is 3.70. The van der Waals surface area contributed by atoms with Crippen molar-refractivity contribution in [1.29, 1.82) is 0 Å². The summed E-state index contributed by atoms with van der Waals surface area (Å²) in [6.45, 7) is 0. The van der Waals surface area contributed by atoms with Crippen LogP contribution >= 0.6 is 0 Å². The molecule has 0 aromatic carbocycles. The normalized spacial score (nSPS) is 11.7. The monoisotopic (exact) mass is 110 g/mol. The van der Waals surface area contributed by atoms with Crippen molar-refractivity contribution in [2.45, 2.75) is 0 Å². The summed E-state index contributed by atoms with van der Waals surface area (Å²) < 4.78 is 26.3. The second-order valence-corrected chi connectivity index (χ2v) is 2.18. The summed E-state index contributed by atoms with van der Waals surface area (Å²) >= 11 is 0. The SMILES string of the molecule is [NH]CS(=O)(=O)O. The van der Waals surface area contributed by atoms with Crippen molar-refractivity contribution < 1.29 is 13.0 Å². The maximum absolute atomic E-state index is 9.37. The van der Waals surface area contributed by atoms with E-state index in [1.807, 2.05) is 0 Å². The topological polar surface area (TPSA) is 78.2 Å². The Morgan fingerprint density at radius 3 is 1.83 bits per heavy atom. The molecule has 0 aliphatic carbocycles. The van der Waals surface area contributed by atoms with Gasteiger partial charge in [-0.3, -0.25) is 4.55 Å². The molecular weight excluding hydrogens is 106 g/mol. The van der Waals surface area contributed by atoms with Crippen LogP contribution in [0.25, 0.3) is 0 Å². The second-order valence-electron chi connectivity index (χ2n) is 0.726. The molecule has 0 heterocycles. The molecule has 0 aromatic heterocycles. The average Bonchev–Trinajstić information content (AvgIpc) is 1.35. The van der Waals surface area contributed by atoms with Crippen LogP contribution in [0.3, 0.4) is 0 Å². The molecule has 2 N–H and O–H groups in total. The molecule has 0 fully saturated rings. The zero-order chi connectivity index (χ0) is 5.21. The third-order valence-corrected chi connectivity index (χ3v) is 0.547. The lowest BCUT2D eigenvalue weighted by molar-refractivity contribution is 0.483. The van der Waals surface area contributed by atoms with Gasteiger partial charge in [-0.1, -0.05) is 0 Å². The Hall–Kier alpha value is -0.130. The van der Waals surface area contributed by atoms with Gasteiger partial charge >= 0.3 is 0 Å². The highest BCUT2D eigenvalue weighted by atomic mass is 32.2. The first-order chi connectivity index (χ1) is 2.56. The van der Waals surface area contributed by atoms with Crippen LogP contribution in [0, 0.1) is 0 Å². The van der Waals surface area contributed by atoms with Gasteiger partial charge in [-0.15, -0.1) is 0 Å². The maximum Gasteiger partial charge on any atom is 0.279 e. The van der Waals surface area contributed by atoms with Crippen molar-refractivity contribution in [1.82, 2.24) is 5.73 Å². The van der Waals surface area contributed by atoms with E-state index in [0.29, 0.717) is 0 Å². The van der Waals surface area contributed by atoms with Crippen LogP contribution < -0.4 is 5.73 Å². The van der Waals surface area contributed by atoms with Gasteiger partial charge in [0.15, 0.2) is 0 Å². The fourth-order valence-corrected chi connectivity index (χ4v) is 0. The van der Waals surface area contributed by atoms with Crippen molar-refractivity contribution in [3.63, 3.8) is 0 Å². The fraction of sp³-hybridized carbons (Fsp3) is 1.00. The minimum Gasteiger partial charge on any atom is -0.285 e. The number of hydrogen-bond acceptors (Lipinski definition) is 2. The molecule has 0 amide bonds. The highest BCUT2D eigenvalue weighted by Gasteiger charge is 1.94. The molecule has 37 valence electrons. The minimum atomic E-state index is -4.00. The van der Waals surface area contributed by atoms with Gasteiger partial charge in [0.1, 0.15) is 5.88 Å². The van der Waals surface area contributed by atoms with Gasteiger partial charge in [-0.2, -0.15) is 8.42 Å². The molecule has 0 bridgehead atoms. The largest absolute Gasteiger partial charge is 0.285 e. The lowest BCUT2D eigenvalue weighted by Gasteiger charge is -1.79. The third kappa shape index (κ3) is 3.87. The number of rotatable bonds is 1. The van der Waals surface area contributed by atoms with E-state index >= 15 is 0 Å². The van der Waals surface area contributed by atoms with Gasteiger partial charge in [0, 0.05) is 0 Å². The van der Waals surface area contributed by atoms with Gasteiger partial charge in [0.2, 0.25) is 0 Å². The van der Waals surface area contributed by atoms with Gasteiger partial charge in [0.05, 0.1) is 0 Å². The van der Waals surface area contributed by atoms with Gasteiger partial charge < -0.3 is 0 Å². The Morgan fingerprint density at radius 2 is 1.83 bits per heavy atom. The minimum absolute atomic E-state index is 0.951. The average molecular weight is 110 g/mol. The molecule has 0 saturated heterocycles. The predicted molar refractivity (Wildman–Crippen MR) is 19.5 cm³/mol. The Morgan fingerprint density at radius 1 is 1.67 bits per heavy atom. The fourth-order valence-electron chi connectivity index (χ4n) is 0. The zero-order valence-electron chi connectivity index (χ0n) is 2.88. The van der Waals surface area contributed by atoms with E-state index in [1.165, 1.54) is 0 Å². The quantitative estimate of drug-likeness (QED) is 0.445. The molecule has 5 heteroatoms. The molecule has 0 spiro atoms. The molecule has 6 heavy (non-hydrogen) atoms. The van der Waals surface area contributed by atoms with Crippen LogP contribution in [-0.2, 0) is 10.1 Å². The number of hydrogen-bond donors (Lipinski definition) is 1. The predicted octanol–water partition coefficient (Wildman–Crippen LogP) is -0.885. The van der Waals surface area contributed by atoms with Gasteiger partial charge in [-0.25, -0.2) is 5.73 Å². The maximum atomic E-state index is 9.37. The van der Waals surface area contributed by atoms with Gasteiger partial charge in [0.25, 0.3) is 10.1 Å². The van der Waals surface area contributed by atoms with Crippen LogP contribution in [0.15, 0.2) is 0 Å². The van der Waals surface area contributed by atoms with Crippen molar-refractivity contribution in [2.75, 3.05) is 5.88 Å². The first-order valence-electron chi connectivity index (χ1n) is 1.16. The lowest BCUT2D eigenvalue weighted by atomic mass is 11.6. The molecule has 0 aromatic rings. The van der Waals surface area contributed by atoms with E-state index in [4.69, 9.17) is 10.3 Å². The van der Waals surface area contributed by atoms with E-state index < -0.39 is 16.0 Å². The van der Waals surface area contributed by atoms with E-state index in [9.17, 15) is 8.42 Å². The smallest absolute Gasteiger partial charge is 0.279 e. The Balaban J connectivity index is 3.85. The summed E-state index contributed by atoms with van der Waals surface area (Å²) in [5, 5.41) is 0. The van der Waals surface area contributed by atoms with Crippen molar-refractivity contribution in [3.05, 3.63) is 0 Å². The van der Waals surface area contributed by atoms with E-state index in [-0.39, 0.29) is 0 Å². The van der Waals surface area contributed by atoms with Crippen LogP contribution in [0.5, 0.6) is 0 Å². The highest BCUT2D eigenvalue weighted by Crippen LogP contribution is 1.69. The van der Waals surface area contributed by atoms with Gasteiger partial charge in [-0.05, 0) is 0 Å². The summed E-state index contributed by atoms with van der Waals surface area (Å²) in [5.41, 5.74) is 6.02. The van der Waals surface area contributed by atoms with E-state index in [1.54, 1.807) is 0 Å². The van der Waals surface area contributed by atoms with Crippen LogP contribution in [0.2, 0.25) is 0 Å². The Bertz CT molecular complexity index is 113. The highest BCUT2D eigenvalue weighted by molar-refractivity contribution is 7.85. The first kappa shape index (κ1) is 5.87. The molecule has 0 unspecified atom stereocenters. The molecule has 0 aliphatic rings. The second kappa shape index (κ2) is 1.55. The number of nitrogens with one attached hydrogen (secondary N) is 1. The van der Waals surface area contributed by atoms with E-state index in [2.05, 4.69) is 0 Å². The Labute approximate surface area is 35.7 Å². The standard InChI is InChI=1S/CH4NO3S/c2-1-6(3,4)5/h2H,1H2,(H,3,4,5).